The van der Waals surface area contributed by atoms with Gasteiger partial charge in [-0.3, -0.25) is 4.79 Å². The molecule has 2 N–H and O–H groups in total. The minimum atomic E-state index is -0.252. The first-order valence-corrected chi connectivity index (χ1v) is 7.53. The molecule has 2 heterocycles. The summed E-state index contributed by atoms with van der Waals surface area (Å²) in [5.74, 6) is 5.04. The SMILES string of the molecule is CCC(NC(=O)c1ncccc1C#CCO)c1cccs1. The molecule has 0 aliphatic rings. The number of thiophene rings is 1. The molecule has 0 aromatic carbocycles. The Morgan fingerprint density at radius 1 is 1.48 bits per heavy atom. The minimum Gasteiger partial charge on any atom is -0.384 e. The summed E-state index contributed by atoms with van der Waals surface area (Å²) in [4.78, 5) is 17.6. The summed E-state index contributed by atoms with van der Waals surface area (Å²) >= 11 is 1.61. The third-order valence-corrected chi connectivity index (χ3v) is 3.91. The number of carbonyl (C=O) groups excluding carboxylic acids is 1. The van der Waals surface area contributed by atoms with Crippen LogP contribution in [0.5, 0.6) is 0 Å². The van der Waals surface area contributed by atoms with Gasteiger partial charge in [0.25, 0.3) is 5.91 Å². The van der Waals surface area contributed by atoms with Crippen LogP contribution in [0.3, 0.4) is 0 Å². The van der Waals surface area contributed by atoms with Crippen LogP contribution in [0.25, 0.3) is 0 Å². The van der Waals surface area contributed by atoms with E-state index in [-0.39, 0.29) is 24.2 Å². The third kappa shape index (κ3) is 3.91. The molecule has 0 spiro atoms. The quantitative estimate of drug-likeness (QED) is 0.852. The number of nitrogens with one attached hydrogen (secondary N) is 1. The van der Waals surface area contributed by atoms with Gasteiger partial charge in [-0.15, -0.1) is 11.3 Å². The summed E-state index contributed by atoms with van der Waals surface area (Å²) < 4.78 is 0. The van der Waals surface area contributed by atoms with E-state index in [0.29, 0.717) is 5.56 Å². The zero-order chi connectivity index (χ0) is 15.1. The summed E-state index contributed by atoms with van der Waals surface area (Å²) in [6.07, 6.45) is 2.36. The number of hydrogen-bond acceptors (Lipinski definition) is 4. The van der Waals surface area contributed by atoms with Gasteiger partial charge in [0.1, 0.15) is 12.3 Å². The van der Waals surface area contributed by atoms with Gasteiger partial charge in [-0.25, -0.2) is 4.98 Å². The second kappa shape index (κ2) is 7.58. The van der Waals surface area contributed by atoms with Crippen LogP contribution < -0.4 is 5.32 Å². The first-order valence-electron chi connectivity index (χ1n) is 6.65. The lowest BCUT2D eigenvalue weighted by Gasteiger charge is -2.15. The van der Waals surface area contributed by atoms with Crippen LogP contribution in [0.4, 0.5) is 0 Å². The Hall–Kier alpha value is -2.16. The number of rotatable bonds is 4. The van der Waals surface area contributed by atoms with E-state index in [1.54, 1.807) is 29.7 Å². The Balaban J connectivity index is 2.20. The number of pyridine rings is 1. The molecule has 0 bridgehead atoms. The monoisotopic (exact) mass is 300 g/mol. The molecule has 0 aliphatic carbocycles. The maximum Gasteiger partial charge on any atom is 0.271 e. The second-order valence-corrected chi connectivity index (χ2v) is 5.29. The van der Waals surface area contributed by atoms with E-state index in [0.717, 1.165) is 11.3 Å². The summed E-state index contributed by atoms with van der Waals surface area (Å²) in [6.45, 7) is 1.78. The molecule has 2 rings (SSSR count). The van der Waals surface area contributed by atoms with Crippen LogP contribution in [0.1, 0.15) is 40.3 Å². The van der Waals surface area contributed by atoms with Crippen LogP contribution in [0, 0.1) is 11.8 Å². The van der Waals surface area contributed by atoms with Crippen molar-refractivity contribution in [2.24, 2.45) is 0 Å². The van der Waals surface area contributed by atoms with E-state index in [2.05, 4.69) is 22.1 Å². The molecule has 1 unspecified atom stereocenters. The summed E-state index contributed by atoms with van der Waals surface area (Å²) in [7, 11) is 0. The molecule has 0 saturated heterocycles. The Morgan fingerprint density at radius 2 is 2.33 bits per heavy atom. The molecule has 2 aromatic rings. The molecule has 0 radical (unpaired) electrons. The lowest BCUT2D eigenvalue weighted by Crippen LogP contribution is -2.29. The van der Waals surface area contributed by atoms with Crippen molar-refractivity contribution in [2.75, 3.05) is 6.61 Å². The Kier molecular flexibility index (Phi) is 5.50. The van der Waals surface area contributed by atoms with Gasteiger partial charge < -0.3 is 10.4 Å². The molecule has 0 fully saturated rings. The van der Waals surface area contributed by atoms with E-state index in [1.165, 1.54) is 0 Å². The van der Waals surface area contributed by atoms with Gasteiger partial charge in [0, 0.05) is 11.1 Å². The maximum absolute atomic E-state index is 12.4. The smallest absolute Gasteiger partial charge is 0.271 e. The highest BCUT2D eigenvalue weighted by molar-refractivity contribution is 7.10. The van der Waals surface area contributed by atoms with Gasteiger partial charge in [-0.1, -0.05) is 24.8 Å². The Morgan fingerprint density at radius 3 is 3.00 bits per heavy atom. The van der Waals surface area contributed by atoms with Crippen molar-refractivity contribution in [3.63, 3.8) is 0 Å². The van der Waals surface area contributed by atoms with E-state index >= 15 is 0 Å². The van der Waals surface area contributed by atoms with Gasteiger partial charge in [-0.2, -0.15) is 0 Å². The van der Waals surface area contributed by atoms with Crippen molar-refractivity contribution in [1.82, 2.24) is 10.3 Å². The highest BCUT2D eigenvalue weighted by atomic mass is 32.1. The van der Waals surface area contributed by atoms with Crippen molar-refractivity contribution in [2.45, 2.75) is 19.4 Å². The second-order valence-electron chi connectivity index (χ2n) is 4.31. The van der Waals surface area contributed by atoms with Crippen molar-refractivity contribution < 1.29 is 9.90 Å². The molecule has 0 saturated carbocycles. The third-order valence-electron chi connectivity index (χ3n) is 2.93. The largest absolute Gasteiger partial charge is 0.384 e. The molecule has 1 amide bonds. The molecule has 0 aliphatic heterocycles. The van der Waals surface area contributed by atoms with E-state index in [9.17, 15) is 4.79 Å². The molecule has 5 heteroatoms. The number of aliphatic hydroxyl groups excluding tert-OH is 1. The van der Waals surface area contributed by atoms with Crippen molar-refractivity contribution in [1.29, 1.82) is 0 Å². The van der Waals surface area contributed by atoms with Crippen LogP contribution in [-0.4, -0.2) is 22.6 Å². The molecular formula is C16H16N2O2S. The van der Waals surface area contributed by atoms with Crippen LogP contribution in [0.2, 0.25) is 0 Å². The first-order chi connectivity index (χ1) is 10.3. The number of nitrogens with zero attached hydrogens (tertiary/aromatic N) is 1. The predicted molar refractivity (Wildman–Crippen MR) is 83.0 cm³/mol. The fourth-order valence-corrected chi connectivity index (χ4v) is 2.77. The lowest BCUT2D eigenvalue weighted by atomic mass is 10.1. The van der Waals surface area contributed by atoms with Crippen LogP contribution in [-0.2, 0) is 0 Å². The average Bonchev–Trinajstić information content (AvgIpc) is 3.04. The number of amides is 1. The fourth-order valence-electron chi connectivity index (χ4n) is 1.91. The fraction of sp³-hybridized carbons (Fsp3) is 0.250. The van der Waals surface area contributed by atoms with Gasteiger partial charge in [0.2, 0.25) is 0 Å². The summed E-state index contributed by atoms with van der Waals surface area (Å²) in [5.41, 5.74) is 0.804. The van der Waals surface area contributed by atoms with E-state index in [1.807, 2.05) is 24.4 Å². The zero-order valence-corrected chi connectivity index (χ0v) is 12.5. The number of aromatic nitrogens is 1. The molecule has 1 atom stereocenters. The maximum atomic E-state index is 12.4. The number of aliphatic hydroxyl groups is 1. The van der Waals surface area contributed by atoms with Gasteiger partial charge in [0.05, 0.1) is 11.6 Å². The van der Waals surface area contributed by atoms with Crippen molar-refractivity contribution in [3.8, 4) is 11.8 Å². The Bertz CT molecular complexity index is 656. The molecule has 2 aromatic heterocycles. The standard InChI is InChI=1S/C16H16N2O2S/c1-2-13(14-8-5-11-21-14)18-16(20)15-12(7-4-10-19)6-3-9-17-15/h3,5-6,8-9,11,13,19H,2,10H2,1H3,(H,18,20). The zero-order valence-electron chi connectivity index (χ0n) is 11.7. The van der Waals surface area contributed by atoms with Crippen LogP contribution in [0.15, 0.2) is 35.8 Å². The average molecular weight is 300 g/mol. The normalized spacial score (nSPS) is 11.3. The van der Waals surface area contributed by atoms with Crippen molar-refractivity contribution in [3.05, 3.63) is 52.0 Å². The minimum absolute atomic E-state index is 0.0295. The molecule has 4 nitrogen and oxygen atoms in total. The van der Waals surface area contributed by atoms with Gasteiger partial charge >= 0.3 is 0 Å². The first kappa shape index (κ1) is 15.2. The number of carbonyl (C=O) groups is 1. The van der Waals surface area contributed by atoms with E-state index in [4.69, 9.17) is 5.11 Å². The van der Waals surface area contributed by atoms with Crippen LogP contribution >= 0.6 is 11.3 Å². The summed E-state index contributed by atoms with van der Waals surface area (Å²) in [5, 5.41) is 13.7. The highest BCUT2D eigenvalue weighted by Crippen LogP contribution is 2.22. The van der Waals surface area contributed by atoms with Gasteiger partial charge in [-0.05, 0) is 30.0 Å². The van der Waals surface area contributed by atoms with Crippen molar-refractivity contribution >= 4 is 17.2 Å². The van der Waals surface area contributed by atoms with Gasteiger partial charge in [0.15, 0.2) is 0 Å². The topological polar surface area (TPSA) is 62.2 Å². The number of hydrogen-bond donors (Lipinski definition) is 2. The lowest BCUT2D eigenvalue weighted by molar-refractivity contribution is 0.0931. The van der Waals surface area contributed by atoms with E-state index < -0.39 is 0 Å². The molecular weight excluding hydrogens is 284 g/mol. The molecule has 108 valence electrons. The summed E-state index contributed by atoms with van der Waals surface area (Å²) in [6, 6.07) is 7.38. The predicted octanol–water partition coefficient (Wildman–Crippen LogP) is 2.37. The Labute approximate surface area is 127 Å². The molecule has 21 heavy (non-hydrogen) atoms. The highest BCUT2D eigenvalue weighted by Gasteiger charge is 2.17.